The van der Waals surface area contributed by atoms with Crippen molar-refractivity contribution in [3.63, 3.8) is 0 Å². The molecular formula is C30H35N5O3. The molecule has 0 unspecified atom stereocenters. The molecule has 3 fully saturated rings. The van der Waals surface area contributed by atoms with Gasteiger partial charge in [-0.1, -0.05) is 24.3 Å². The molecule has 1 aromatic heterocycles. The summed E-state index contributed by atoms with van der Waals surface area (Å²) in [6, 6.07) is 13.9. The van der Waals surface area contributed by atoms with Gasteiger partial charge in [0.2, 0.25) is 0 Å². The second kappa shape index (κ2) is 10.3. The summed E-state index contributed by atoms with van der Waals surface area (Å²) in [6.45, 7) is 5.81. The van der Waals surface area contributed by atoms with E-state index in [-0.39, 0.29) is 23.0 Å². The highest BCUT2D eigenvalue weighted by Crippen LogP contribution is 2.50. The van der Waals surface area contributed by atoms with Crippen LogP contribution in [0.15, 0.2) is 59.7 Å². The Balaban J connectivity index is 1.23. The molecule has 1 aliphatic heterocycles. The van der Waals surface area contributed by atoms with E-state index in [2.05, 4.69) is 26.6 Å². The Morgan fingerprint density at radius 2 is 1.92 bits per heavy atom. The summed E-state index contributed by atoms with van der Waals surface area (Å²) in [4.78, 5) is 33.1. The van der Waals surface area contributed by atoms with Crippen LogP contribution < -0.4 is 20.9 Å². The van der Waals surface area contributed by atoms with Crippen molar-refractivity contribution in [2.24, 2.45) is 0 Å². The average Bonchev–Trinajstić information content (AvgIpc) is 3.85. The van der Waals surface area contributed by atoms with Gasteiger partial charge in [-0.25, -0.2) is 4.98 Å². The third-order valence-electron chi connectivity index (χ3n) is 7.86. The summed E-state index contributed by atoms with van der Waals surface area (Å²) >= 11 is 0. The Kier molecular flexibility index (Phi) is 6.66. The number of amides is 1. The van der Waals surface area contributed by atoms with Crippen molar-refractivity contribution in [3.8, 4) is 11.4 Å². The molecule has 2 N–H and O–H groups in total. The first-order valence-electron chi connectivity index (χ1n) is 13.7. The number of likely N-dealkylation sites (tertiary alicyclic amines) is 1. The monoisotopic (exact) mass is 513 g/mol. The van der Waals surface area contributed by atoms with Crippen molar-refractivity contribution in [1.82, 2.24) is 19.8 Å². The lowest BCUT2D eigenvalue weighted by Gasteiger charge is -2.23. The fourth-order valence-corrected chi connectivity index (χ4v) is 5.29. The molecular weight excluding hydrogens is 478 g/mol. The molecule has 2 heterocycles. The maximum absolute atomic E-state index is 13.6. The first-order chi connectivity index (χ1) is 18.5. The van der Waals surface area contributed by atoms with E-state index in [1.165, 1.54) is 12.8 Å². The van der Waals surface area contributed by atoms with E-state index >= 15 is 0 Å². The number of nitrogens with one attached hydrogen (secondary N) is 2. The first kappa shape index (κ1) is 24.7. The third-order valence-corrected chi connectivity index (χ3v) is 7.86. The zero-order chi connectivity index (χ0) is 26.1. The molecule has 2 aliphatic carbocycles. The number of hydrogen-bond acceptors (Lipinski definition) is 6. The minimum Gasteiger partial charge on any atom is -0.492 e. The number of carbonyl (C=O) groups is 1. The standard InChI is InChI=1S/C30H35N5O3/c1-21-8-9-22(28(36)32-23-10-11-23)20-25(21)35-17-14-31-27(29(35)37)33-30(12-13-30)24-6-2-3-7-26(24)38-19-18-34-15-4-5-16-34/h2-3,6-9,14,17,20,23H,4-5,10-13,15-16,18-19H2,1H3,(H,31,33)(H,32,36). The van der Waals surface area contributed by atoms with Gasteiger partial charge in [-0.15, -0.1) is 0 Å². The number of benzene rings is 2. The van der Waals surface area contributed by atoms with Gasteiger partial charge in [0.05, 0.1) is 11.2 Å². The van der Waals surface area contributed by atoms with Crippen LogP contribution >= 0.6 is 0 Å². The van der Waals surface area contributed by atoms with Crippen molar-refractivity contribution in [3.05, 3.63) is 81.9 Å². The molecule has 2 saturated carbocycles. The van der Waals surface area contributed by atoms with Gasteiger partial charge in [-0.05, 0) is 82.3 Å². The summed E-state index contributed by atoms with van der Waals surface area (Å²) in [5, 5.41) is 6.49. The van der Waals surface area contributed by atoms with Crippen LogP contribution in [0, 0.1) is 6.92 Å². The second-order valence-corrected chi connectivity index (χ2v) is 10.8. The number of carbonyl (C=O) groups excluding carboxylic acids is 1. The van der Waals surface area contributed by atoms with Gasteiger partial charge in [0, 0.05) is 36.1 Å². The van der Waals surface area contributed by atoms with Crippen LogP contribution in [0.1, 0.15) is 60.0 Å². The predicted octanol–water partition coefficient (Wildman–Crippen LogP) is 4.01. The van der Waals surface area contributed by atoms with Crippen molar-refractivity contribution < 1.29 is 9.53 Å². The lowest BCUT2D eigenvalue weighted by atomic mass is 10.0. The lowest BCUT2D eigenvalue weighted by molar-refractivity contribution is 0.0951. The number of aromatic nitrogens is 2. The van der Waals surface area contributed by atoms with Crippen molar-refractivity contribution >= 4 is 11.7 Å². The minimum atomic E-state index is -0.378. The number of ether oxygens (including phenoxy) is 1. The lowest BCUT2D eigenvalue weighted by Crippen LogP contribution is -2.30. The van der Waals surface area contributed by atoms with E-state index in [1.54, 1.807) is 23.0 Å². The van der Waals surface area contributed by atoms with Crippen LogP contribution in [0.5, 0.6) is 5.75 Å². The van der Waals surface area contributed by atoms with Crippen LogP contribution in [-0.2, 0) is 5.54 Å². The molecule has 0 spiro atoms. The number of aryl methyl sites for hydroxylation is 1. The van der Waals surface area contributed by atoms with E-state index < -0.39 is 0 Å². The van der Waals surface area contributed by atoms with Crippen molar-refractivity contribution in [2.75, 3.05) is 31.6 Å². The maximum Gasteiger partial charge on any atom is 0.297 e. The van der Waals surface area contributed by atoms with E-state index in [0.717, 1.165) is 62.2 Å². The van der Waals surface area contributed by atoms with Crippen LogP contribution in [0.25, 0.3) is 5.69 Å². The van der Waals surface area contributed by atoms with Gasteiger partial charge in [-0.3, -0.25) is 19.1 Å². The fraction of sp³-hybridized carbons (Fsp3) is 0.433. The van der Waals surface area contributed by atoms with Crippen molar-refractivity contribution in [2.45, 2.75) is 57.0 Å². The molecule has 2 aromatic carbocycles. The molecule has 8 heteroatoms. The highest BCUT2D eigenvalue weighted by molar-refractivity contribution is 5.95. The second-order valence-electron chi connectivity index (χ2n) is 10.8. The summed E-state index contributed by atoms with van der Waals surface area (Å²) < 4.78 is 7.82. The number of para-hydroxylation sites is 1. The largest absolute Gasteiger partial charge is 0.492 e. The van der Waals surface area contributed by atoms with Crippen LogP contribution in [0.4, 0.5) is 5.82 Å². The SMILES string of the molecule is Cc1ccc(C(=O)NC2CC2)cc1-n1ccnc(NC2(c3ccccc3OCCN3CCCC3)CC2)c1=O. The van der Waals surface area contributed by atoms with Gasteiger partial charge < -0.3 is 15.4 Å². The molecule has 1 saturated heterocycles. The van der Waals surface area contributed by atoms with Gasteiger partial charge in [0.1, 0.15) is 12.4 Å². The molecule has 0 atom stereocenters. The Bertz CT molecular complexity index is 1390. The first-order valence-corrected chi connectivity index (χ1v) is 13.7. The van der Waals surface area contributed by atoms with Crippen LogP contribution in [-0.4, -0.2) is 52.6 Å². The topological polar surface area (TPSA) is 88.5 Å². The highest BCUT2D eigenvalue weighted by atomic mass is 16.5. The van der Waals surface area contributed by atoms with Crippen LogP contribution in [0.2, 0.25) is 0 Å². The molecule has 3 aliphatic rings. The Morgan fingerprint density at radius 3 is 2.68 bits per heavy atom. The average molecular weight is 514 g/mol. The van der Waals surface area contributed by atoms with E-state index in [1.807, 2.05) is 37.3 Å². The van der Waals surface area contributed by atoms with E-state index in [9.17, 15) is 9.59 Å². The van der Waals surface area contributed by atoms with Gasteiger partial charge in [0.25, 0.3) is 11.5 Å². The molecule has 0 bridgehead atoms. The number of anilines is 1. The van der Waals surface area contributed by atoms with E-state index in [4.69, 9.17) is 4.74 Å². The zero-order valence-electron chi connectivity index (χ0n) is 21.9. The third kappa shape index (κ3) is 5.18. The van der Waals surface area contributed by atoms with Crippen molar-refractivity contribution in [1.29, 1.82) is 0 Å². The minimum absolute atomic E-state index is 0.104. The Hall–Kier alpha value is -3.65. The summed E-state index contributed by atoms with van der Waals surface area (Å²) in [5.74, 6) is 1.05. The molecule has 8 nitrogen and oxygen atoms in total. The smallest absolute Gasteiger partial charge is 0.297 e. The Labute approximate surface area is 223 Å². The van der Waals surface area contributed by atoms with Gasteiger partial charge >= 0.3 is 0 Å². The molecule has 6 rings (SSSR count). The van der Waals surface area contributed by atoms with Crippen LogP contribution in [0.3, 0.4) is 0 Å². The molecule has 3 aromatic rings. The zero-order valence-corrected chi connectivity index (χ0v) is 21.9. The fourth-order valence-electron chi connectivity index (χ4n) is 5.29. The number of hydrogen-bond donors (Lipinski definition) is 2. The quantitative estimate of drug-likeness (QED) is 0.426. The summed E-state index contributed by atoms with van der Waals surface area (Å²) in [7, 11) is 0. The maximum atomic E-state index is 13.6. The number of rotatable bonds is 10. The predicted molar refractivity (Wildman–Crippen MR) is 147 cm³/mol. The highest BCUT2D eigenvalue weighted by Gasteiger charge is 2.47. The summed E-state index contributed by atoms with van der Waals surface area (Å²) in [5.41, 5.74) is 2.58. The molecule has 198 valence electrons. The Morgan fingerprint density at radius 1 is 1.13 bits per heavy atom. The van der Waals surface area contributed by atoms with Gasteiger partial charge in [-0.2, -0.15) is 0 Å². The van der Waals surface area contributed by atoms with E-state index in [0.29, 0.717) is 23.7 Å². The molecule has 1 amide bonds. The molecule has 0 radical (unpaired) electrons. The normalized spacial score (nSPS) is 18.2. The molecule has 38 heavy (non-hydrogen) atoms. The summed E-state index contributed by atoms with van der Waals surface area (Å²) in [6.07, 6.45) is 9.67. The number of nitrogens with zero attached hydrogens (tertiary/aromatic N) is 3. The van der Waals surface area contributed by atoms with Gasteiger partial charge in [0.15, 0.2) is 5.82 Å².